The Bertz CT molecular complexity index is 493. The number of nitrogens with one attached hydrogen (secondary N) is 1. The molecule has 0 saturated carbocycles. The predicted molar refractivity (Wildman–Crippen MR) is 65.4 cm³/mol. The number of oxazole rings is 1. The molecule has 0 aliphatic carbocycles. The minimum Gasteiger partial charge on any atom is -0.441 e. The summed E-state index contributed by atoms with van der Waals surface area (Å²) in [6, 6.07) is 4.90. The molecule has 4 heteroatoms. The van der Waals surface area contributed by atoms with Gasteiger partial charge in [-0.05, 0) is 25.1 Å². The van der Waals surface area contributed by atoms with E-state index in [4.69, 9.17) is 4.42 Å². The normalized spacial score (nSPS) is 11.5. The average Bonchev–Trinajstić information content (AvgIpc) is 2.66. The van der Waals surface area contributed by atoms with Crippen LogP contribution in [-0.4, -0.2) is 17.6 Å². The van der Waals surface area contributed by atoms with Crippen LogP contribution in [0, 0.1) is 5.82 Å². The number of fused-ring (bicyclic) bond motifs is 1. The first-order valence-electron chi connectivity index (χ1n) is 5.93. The van der Waals surface area contributed by atoms with Gasteiger partial charge in [-0.2, -0.15) is 0 Å². The second kappa shape index (κ2) is 5.27. The molecule has 1 N–H and O–H groups in total. The highest BCUT2D eigenvalue weighted by Gasteiger charge is 2.06. The number of aryl methyl sites for hydroxylation is 1. The molecular formula is C13H17FN2O. The van der Waals surface area contributed by atoms with Gasteiger partial charge in [-0.3, -0.25) is 0 Å². The van der Waals surface area contributed by atoms with Crippen LogP contribution in [0.3, 0.4) is 0 Å². The fraction of sp³-hybridized carbons (Fsp3) is 0.462. The van der Waals surface area contributed by atoms with Gasteiger partial charge in [0.1, 0.15) is 11.3 Å². The molecule has 0 bridgehead atoms. The third-order valence-electron chi connectivity index (χ3n) is 2.51. The van der Waals surface area contributed by atoms with Crippen LogP contribution in [0.2, 0.25) is 0 Å². The first kappa shape index (κ1) is 12.0. The summed E-state index contributed by atoms with van der Waals surface area (Å²) in [6.07, 6.45) is 1.74. The van der Waals surface area contributed by atoms with Crippen LogP contribution >= 0.6 is 0 Å². The molecule has 0 amide bonds. The fourth-order valence-corrected chi connectivity index (χ4v) is 1.69. The van der Waals surface area contributed by atoms with E-state index in [1.807, 2.05) is 0 Å². The predicted octanol–water partition coefficient (Wildman–Crippen LogP) is 2.90. The largest absolute Gasteiger partial charge is 0.441 e. The molecule has 17 heavy (non-hydrogen) atoms. The highest BCUT2D eigenvalue weighted by Crippen LogP contribution is 2.17. The van der Waals surface area contributed by atoms with Crippen molar-refractivity contribution in [2.45, 2.75) is 32.7 Å². The SMILES string of the molecule is CC(C)NCCCc1nc2cc(F)ccc2o1. The lowest BCUT2D eigenvalue weighted by Gasteiger charge is -2.05. The summed E-state index contributed by atoms with van der Waals surface area (Å²) < 4.78 is 18.5. The van der Waals surface area contributed by atoms with Crippen molar-refractivity contribution in [2.24, 2.45) is 0 Å². The van der Waals surface area contributed by atoms with Gasteiger partial charge >= 0.3 is 0 Å². The van der Waals surface area contributed by atoms with E-state index >= 15 is 0 Å². The van der Waals surface area contributed by atoms with Crippen LogP contribution < -0.4 is 5.32 Å². The Kier molecular flexibility index (Phi) is 3.74. The summed E-state index contributed by atoms with van der Waals surface area (Å²) in [5.74, 6) is 0.398. The third-order valence-corrected chi connectivity index (χ3v) is 2.51. The van der Waals surface area contributed by atoms with E-state index < -0.39 is 0 Å². The van der Waals surface area contributed by atoms with Gasteiger partial charge < -0.3 is 9.73 Å². The van der Waals surface area contributed by atoms with Crippen LogP contribution in [0.15, 0.2) is 22.6 Å². The first-order chi connectivity index (χ1) is 8.15. The summed E-state index contributed by atoms with van der Waals surface area (Å²) in [4.78, 5) is 4.26. The zero-order valence-electron chi connectivity index (χ0n) is 10.2. The average molecular weight is 236 g/mol. The molecule has 0 unspecified atom stereocenters. The molecule has 2 aromatic rings. The maximum atomic E-state index is 12.9. The Balaban J connectivity index is 1.95. The Labute approximate surface area is 100 Å². The molecule has 2 rings (SSSR count). The molecule has 1 heterocycles. The molecule has 0 atom stereocenters. The lowest BCUT2D eigenvalue weighted by atomic mass is 10.3. The maximum Gasteiger partial charge on any atom is 0.195 e. The first-order valence-corrected chi connectivity index (χ1v) is 5.93. The Morgan fingerprint density at radius 1 is 1.41 bits per heavy atom. The molecule has 0 aliphatic heterocycles. The van der Waals surface area contributed by atoms with Gasteiger partial charge in [0.15, 0.2) is 11.5 Å². The van der Waals surface area contributed by atoms with E-state index in [1.165, 1.54) is 12.1 Å². The molecule has 1 aromatic heterocycles. The Morgan fingerprint density at radius 3 is 3.00 bits per heavy atom. The number of benzene rings is 1. The molecule has 92 valence electrons. The van der Waals surface area contributed by atoms with Gasteiger partial charge in [0.2, 0.25) is 0 Å². The van der Waals surface area contributed by atoms with Gasteiger partial charge in [-0.1, -0.05) is 13.8 Å². The van der Waals surface area contributed by atoms with Gasteiger partial charge in [-0.25, -0.2) is 9.37 Å². The van der Waals surface area contributed by atoms with E-state index in [-0.39, 0.29) is 5.82 Å². The number of nitrogens with zero attached hydrogens (tertiary/aromatic N) is 1. The zero-order valence-corrected chi connectivity index (χ0v) is 10.2. The van der Waals surface area contributed by atoms with Crippen LogP contribution in [0.5, 0.6) is 0 Å². The van der Waals surface area contributed by atoms with Crippen molar-refractivity contribution in [1.29, 1.82) is 0 Å². The lowest BCUT2D eigenvalue weighted by molar-refractivity contribution is 0.500. The lowest BCUT2D eigenvalue weighted by Crippen LogP contribution is -2.23. The van der Waals surface area contributed by atoms with Gasteiger partial charge in [0.25, 0.3) is 0 Å². The topological polar surface area (TPSA) is 38.1 Å². The zero-order chi connectivity index (χ0) is 12.3. The Morgan fingerprint density at radius 2 is 2.24 bits per heavy atom. The minimum absolute atomic E-state index is 0.279. The summed E-state index contributed by atoms with van der Waals surface area (Å²) >= 11 is 0. The summed E-state index contributed by atoms with van der Waals surface area (Å²) in [7, 11) is 0. The summed E-state index contributed by atoms with van der Waals surface area (Å²) in [5.41, 5.74) is 1.25. The quantitative estimate of drug-likeness (QED) is 0.811. The second-order valence-corrected chi connectivity index (χ2v) is 4.43. The van der Waals surface area contributed by atoms with Crippen LogP contribution in [0.1, 0.15) is 26.2 Å². The van der Waals surface area contributed by atoms with Crippen molar-refractivity contribution < 1.29 is 8.81 Å². The number of rotatable bonds is 5. The maximum absolute atomic E-state index is 12.9. The standard InChI is InChI=1S/C13H17FN2O/c1-9(2)15-7-3-4-13-16-11-8-10(14)5-6-12(11)17-13/h5-6,8-9,15H,3-4,7H2,1-2H3. The van der Waals surface area contributed by atoms with Gasteiger partial charge in [-0.15, -0.1) is 0 Å². The van der Waals surface area contributed by atoms with Crippen molar-refractivity contribution in [3.05, 3.63) is 29.9 Å². The van der Waals surface area contributed by atoms with Gasteiger partial charge in [0.05, 0.1) is 0 Å². The molecular weight excluding hydrogens is 219 g/mol. The van der Waals surface area contributed by atoms with Crippen LogP contribution in [0.4, 0.5) is 4.39 Å². The van der Waals surface area contributed by atoms with Crippen molar-refractivity contribution in [2.75, 3.05) is 6.54 Å². The number of aromatic nitrogens is 1. The molecule has 0 aliphatic rings. The van der Waals surface area contributed by atoms with Crippen molar-refractivity contribution in [1.82, 2.24) is 10.3 Å². The minimum atomic E-state index is -0.279. The van der Waals surface area contributed by atoms with Crippen LogP contribution in [0.25, 0.3) is 11.1 Å². The third kappa shape index (κ3) is 3.27. The molecule has 0 spiro atoms. The Hall–Kier alpha value is -1.42. The molecule has 1 aromatic carbocycles. The molecule has 0 radical (unpaired) electrons. The van der Waals surface area contributed by atoms with E-state index in [0.717, 1.165) is 19.4 Å². The van der Waals surface area contributed by atoms with Crippen molar-refractivity contribution >= 4 is 11.1 Å². The molecule has 3 nitrogen and oxygen atoms in total. The van der Waals surface area contributed by atoms with E-state index in [0.29, 0.717) is 23.0 Å². The van der Waals surface area contributed by atoms with Crippen LogP contribution in [-0.2, 0) is 6.42 Å². The van der Waals surface area contributed by atoms with E-state index in [2.05, 4.69) is 24.1 Å². The molecule has 0 saturated heterocycles. The highest BCUT2D eigenvalue weighted by atomic mass is 19.1. The molecule has 0 fully saturated rings. The monoisotopic (exact) mass is 236 g/mol. The summed E-state index contributed by atoms with van der Waals surface area (Å²) in [5, 5.41) is 3.33. The summed E-state index contributed by atoms with van der Waals surface area (Å²) in [6.45, 7) is 5.16. The number of hydrogen-bond donors (Lipinski definition) is 1. The smallest absolute Gasteiger partial charge is 0.195 e. The van der Waals surface area contributed by atoms with E-state index in [1.54, 1.807) is 6.07 Å². The van der Waals surface area contributed by atoms with Crippen molar-refractivity contribution in [3.63, 3.8) is 0 Å². The number of hydrogen-bond acceptors (Lipinski definition) is 3. The number of halogens is 1. The van der Waals surface area contributed by atoms with E-state index in [9.17, 15) is 4.39 Å². The second-order valence-electron chi connectivity index (χ2n) is 4.43. The van der Waals surface area contributed by atoms with Crippen molar-refractivity contribution in [3.8, 4) is 0 Å². The van der Waals surface area contributed by atoms with Gasteiger partial charge in [0, 0.05) is 18.5 Å². The fourth-order valence-electron chi connectivity index (χ4n) is 1.69. The highest BCUT2D eigenvalue weighted by molar-refractivity contribution is 5.72.